The first-order valence-electron chi connectivity index (χ1n) is 10.4. The molecule has 0 aromatic heterocycles. The molecule has 1 amide bonds. The minimum Gasteiger partial charge on any atom is -0.399 e. The van der Waals surface area contributed by atoms with Crippen molar-refractivity contribution in [1.29, 1.82) is 0 Å². The number of ether oxygens (including phenoxy) is 1. The van der Waals surface area contributed by atoms with Crippen LogP contribution in [0.25, 0.3) is 21.9 Å². The summed E-state index contributed by atoms with van der Waals surface area (Å²) in [6, 6.07) is 20.1. The molecule has 0 radical (unpaired) electrons. The standard InChI is InChI=1S/C25H28N2O2/c1-27(13-3-7-24-8-4-14-29-24)25(28)22-12-11-20-15-19(9-10-21(20)16-22)18-5-2-6-23(26)17-18/h2,5-6,9-12,15-17,24H,3-4,7-8,13-14,26H2,1H3. The SMILES string of the molecule is CN(CCCC1CCCO1)C(=O)c1ccc2cc(-c3cccc(N)c3)ccc2c1. The van der Waals surface area contributed by atoms with E-state index in [1.807, 2.05) is 48.3 Å². The van der Waals surface area contributed by atoms with Gasteiger partial charge in [-0.15, -0.1) is 0 Å². The number of carbonyl (C=O) groups excluding carboxylic acids is 1. The maximum Gasteiger partial charge on any atom is 0.253 e. The number of nitrogens with two attached hydrogens (primary N) is 1. The molecule has 0 aliphatic carbocycles. The zero-order valence-electron chi connectivity index (χ0n) is 16.9. The molecule has 0 saturated carbocycles. The van der Waals surface area contributed by atoms with E-state index in [0.29, 0.717) is 6.10 Å². The van der Waals surface area contributed by atoms with Gasteiger partial charge in [0.15, 0.2) is 0 Å². The van der Waals surface area contributed by atoms with E-state index in [1.54, 1.807) is 0 Å². The van der Waals surface area contributed by atoms with E-state index in [-0.39, 0.29) is 5.91 Å². The minimum atomic E-state index is 0.0687. The number of anilines is 1. The minimum absolute atomic E-state index is 0.0687. The molecule has 29 heavy (non-hydrogen) atoms. The smallest absolute Gasteiger partial charge is 0.253 e. The molecule has 150 valence electrons. The molecule has 4 rings (SSSR count). The van der Waals surface area contributed by atoms with Crippen LogP contribution in [0.4, 0.5) is 5.69 Å². The predicted octanol–water partition coefficient (Wildman–Crippen LogP) is 5.12. The van der Waals surface area contributed by atoms with Gasteiger partial charge in [0.25, 0.3) is 5.91 Å². The zero-order chi connectivity index (χ0) is 20.2. The topological polar surface area (TPSA) is 55.6 Å². The van der Waals surface area contributed by atoms with Crippen molar-refractivity contribution < 1.29 is 9.53 Å². The molecule has 4 heteroatoms. The number of fused-ring (bicyclic) bond motifs is 1. The molecule has 2 N–H and O–H groups in total. The summed E-state index contributed by atoms with van der Waals surface area (Å²) in [6.07, 6.45) is 4.70. The van der Waals surface area contributed by atoms with Gasteiger partial charge < -0.3 is 15.4 Å². The van der Waals surface area contributed by atoms with E-state index in [4.69, 9.17) is 10.5 Å². The number of hydrogen-bond donors (Lipinski definition) is 1. The number of hydrogen-bond acceptors (Lipinski definition) is 3. The fourth-order valence-electron chi connectivity index (χ4n) is 4.03. The van der Waals surface area contributed by atoms with Gasteiger partial charge in [0, 0.05) is 31.5 Å². The van der Waals surface area contributed by atoms with Crippen LogP contribution in [0.3, 0.4) is 0 Å². The van der Waals surface area contributed by atoms with Crippen LogP contribution in [-0.4, -0.2) is 37.1 Å². The van der Waals surface area contributed by atoms with Crippen molar-refractivity contribution in [3.05, 3.63) is 66.2 Å². The third kappa shape index (κ3) is 4.60. The van der Waals surface area contributed by atoms with Crippen LogP contribution in [0.15, 0.2) is 60.7 Å². The molecule has 1 fully saturated rings. The molecule has 1 unspecified atom stereocenters. The van der Waals surface area contributed by atoms with E-state index in [2.05, 4.69) is 24.3 Å². The average Bonchev–Trinajstić information content (AvgIpc) is 3.26. The van der Waals surface area contributed by atoms with Gasteiger partial charge in [-0.1, -0.05) is 30.3 Å². The van der Waals surface area contributed by atoms with Gasteiger partial charge in [-0.25, -0.2) is 0 Å². The first-order chi connectivity index (χ1) is 14.1. The first kappa shape index (κ1) is 19.5. The van der Waals surface area contributed by atoms with Crippen LogP contribution in [0, 0.1) is 0 Å². The second-order valence-corrected chi connectivity index (χ2v) is 7.91. The van der Waals surface area contributed by atoms with E-state index in [0.717, 1.165) is 72.0 Å². The molecule has 0 bridgehead atoms. The zero-order valence-corrected chi connectivity index (χ0v) is 16.9. The van der Waals surface area contributed by atoms with Crippen LogP contribution in [0.2, 0.25) is 0 Å². The second-order valence-electron chi connectivity index (χ2n) is 7.91. The Morgan fingerprint density at radius 1 is 1.07 bits per heavy atom. The molecule has 1 aliphatic rings. The summed E-state index contributed by atoms with van der Waals surface area (Å²) in [6.45, 7) is 1.64. The quantitative estimate of drug-likeness (QED) is 0.596. The van der Waals surface area contributed by atoms with Gasteiger partial charge in [0.2, 0.25) is 0 Å². The number of amides is 1. The lowest BCUT2D eigenvalue weighted by Gasteiger charge is -2.18. The third-order valence-electron chi connectivity index (χ3n) is 5.70. The molecular formula is C25H28N2O2. The van der Waals surface area contributed by atoms with Gasteiger partial charge in [-0.05, 0) is 77.9 Å². The highest BCUT2D eigenvalue weighted by atomic mass is 16.5. The van der Waals surface area contributed by atoms with Crippen molar-refractivity contribution in [1.82, 2.24) is 4.90 Å². The number of nitrogen functional groups attached to an aromatic ring is 1. The van der Waals surface area contributed by atoms with E-state index in [9.17, 15) is 4.79 Å². The highest BCUT2D eigenvalue weighted by Crippen LogP contribution is 2.27. The van der Waals surface area contributed by atoms with Gasteiger partial charge in [-0.2, -0.15) is 0 Å². The second kappa shape index (κ2) is 8.66. The number of nitrogens with zero attached hydrogens (tertiary/aromatic N) is 1. The lowest BCUT2D eigenvalue weighted by atomic mass is 9.99. The lowest BCUT2D eigenvalue weighted by Crippen LogP contribution is -2.28. The molecule has 1 saturated heterocycles. The maximum absolute atomic E-state index is 12.8. The van der Waals surface area contributed by atoms with Crippen LogP contribution in [0.5, 0.6) is 0 Å². The highest BCUT2D eigenvalue weighted by molar-refractivity contribution is 5.99. The third-order valence-corrected chi connectivity index (χ3v) is 5.70. The van der Waals surface area contributed by atoms with E-state index >= 15 is 0 Å². The Morgan fingerprint density at radius 3 is 2.66 bits per heavy atom. The normalized spacial score (nSPS) is 16.2. The van der Waals surface area contributed by atoms with Crippen LogP contribution < -0.4 is 5.73 Å². The van der Waals surface area contributed by atoms with Crippen molar-refractivity contribution in [2.24, 2.45) is 0 Å². The molecule has 1 atom stereocenters. The summed E-state index contributed by atoms with van der Waals surface area (Å²) in [7, 11) is 1.88. The maximum atomic E-state index is 12.8. The van der Waals surface area contributed by atoms with Gasteiger partial charge in [0.1, 0.15) is 0 Å². The van der Waals surface area contributed by atoms with Crippen molar-refractivity contribution in [3.63, 3.8) is 0 Å². The Bertz CT molecular complexity index is 1010. The van der Waals surface area contributed by atoms with Crippen LogP contribution >= 0.6 is 0 Å². The summed E-state index contributed by atoms with van der Waals surface area (Å²) in [4.78, 5) is 14.6. The summed E-state index contributed by atoms with van der Waals surface area (Å²) in [5.74, 6) is 0.0687. The molecule has 1 aliphatic heterocycles. The highest BCUT2D eigenvalue weighted by Gasteiger charge is 2.17. The molecular weight excluding hydrogens is 360 g/mol. The van der Waals surface area contributed by atoms with E-state index < -0.39 is 0 Å². The monoisotopic (exact) mass is 388 g/mol. The largest absolute Gasteiger partial charge is 0.399 e. The van der Waals surface area contributed by atoms with Crippen molar-refractivity contribution in [2.75, 3.05) is 25.9 Å². The average molecular weight is 389 g/mol. The summed E-state index contributed by atoms with van der Waals surface area (Å²) >= 11 is 0. The van der Waals surface area contributed by atoms with Gasteiger partial charge >= 0.3 is 0 Å². The van der Waals surface area contributed by atoms with Gasteiger partial charge in [0.05, 0.1) is 6.10 Å². The number of carbonyl (C=O) groups is 1. The molecule has 4 nitrogen and oxygen atoms in total. The van der Waals surface area contributed by atoms with Crippen LogP contribution in [0.1, 0.15) is 36.0 Å². The molecule has 3 aromatic rings. The van der Waals surface area contributed by atoms with Crippen LogP contribution in [-0.2, 0) is 4.74 Å². The fourth-order valence-corrected chi connectivity index (χ4v) is 4.03. The predicted molar refractivity (Wildman–Crippen MR) is 119 cm³/mol. The lowest BCUT2D eigenvalue weighted by molar-refractivity contribution is 0.0763. The molecule has 0 spiro atoms. The Balaban J connectivity index is 1.45. The van der Waals surface area contributed by atoms with E-state index in [1.165, 1.54) is 0 Å². The first-order valence-corrected chi connectivity index (χ1v) is 10.4. The Kier molecular flexibility index (Phi) is 5.81. The Hall–Kier alpha value is -2.85. The molecule has 1 heterocycles. The van der Waals surface area contributed by atoms with Gasteiger partial charge in [-0.3, -0.25) is 4.79 Å². The van der Waals surface area contributed by atoms with Crippen molar-refractivity contribution in [3.8, 4) is 11.1 Å². The Morgan fingerprint density at radius 2 is 1.86 bits per heavy atom. The molecule has 3 aromatic carbocycles. The summed E-state index contributed by atoms with van der Waals surface area (Å²) in [5.41, 5.74) is 9.61. The fraction of sp³-hybridized carbons (Fsp3) is 0.320. The number of benzene rings is 3. The van der Waals surface area contributed by atoms with Crippen molar-refractivity contribution in [2.45, 2.75) is 31.8 Å². The number of rotatable bonds is 6. The Labute approximate surface area is 172 Å². The summed E-state index contributed by atoms with van der Waals surface area (Å²) < 4.78 is 5.67. The summed E-state index contributed by atoms with van der Waals surface area (Å²) in [5, 5.41) is 2.18. The van der Waals surface area contributed by atoms with Crippen molar-refractivity contribution >= 4 is 22.4 Å².